The highest BCUT2D eigenvalue weighted by Crippen LogP contribution is 2.32. The fourth-order valence-electron chi connectivity index (χ4n) is 3.58. The van der Waals surface area contributed by atoms with E-state index in [1.807, 2.05) is 22.8 Å². The molecule has 2 aromatic rings. The van der Waals surface area contributed by atoms with E-state index in [1.165, 1.54) is 0 Å². The molecule has 1 amide bonds. The predicted octanol–water partition coefficient (Wildman–Crippen LogP) is 1.71. The Morgan fingerprint density at radius 3 is 2.72 bits per heavy atom. The van der Waals surface area contributed by atoms with Crippen molar-refractivity contribution < 1.29 is 17.9 Å². The van der Waals surface area contributed by atoms with Gasteiger partial charge in [0.15, 0.2) is 0 Å². The van der Waals surface area contributed by atoms with E-state index >= 15 is 0 Å². The van der Waals surface area contributed by atoms with Crippen LogP contribution in [-0.2, 0) is 14.6 Å². The third-order valence-electron chi connectivity index (χ3n) is 4.87. The van der Waals surface area contributed by atoms with Crippen molar-refractivity contribution in [2.45, 2.75) is 25.3 Å². The number of anilines is 2. The number of cyclic esters (lactones) is 1. The molecule has 0 bridgehead atoms. The Balaban J connectivity index is 1.68. The molecule has 0 spiro atoms. The van der Waals surface area contributed by atoms with Crippen LogP contribution in [0.25, 0.3) is 11.0 Å². The molecule has 0 unspecified atom stereocenters. The van der Waals surface area contributed by atoms with Gasteiger partial charge < -0.3 is 15.0 Å². The average Bonchev–Trinajstić information content (AvgIpc) is 2.90. The molecule has 0 radical (unpaired) electrons. The highest BCUT2D eigenvalue weighted by Gasteiger charge is 2.28. The van der Waals surface area contributed by atoms with Gasteiger partial charge in [0.2, 0.25) is 5.95 Å². The van der Waals surface area contributed by atoms with Crippen molar-refractivity contribution in [3.05, 3.63) is 18.2 Å². The summed E-state index contributed by atoms with van der Waals surface area (Å²) in [6, 6.07) is 5.60. The lowest BCUT2D eigenvalue weighted by Gasteiger charge is -2.26. The number of sulfone groups is 1. The normalized spacial score (nSPS) is 21.4. The first-order valence-electron chi connectivity index (χ1n) is 8.37. The molecule has 0 saturated carbocycles. The summed E-state index contributed by atoms with van der Waals surface area (Å²) in [5, 5.41) is 0. The van der Waals surface area contributed by atoms with Crippen molar-refractivity contribution in [2.24, 2.45) is 0 Å². The van der Waals surface area contributed by atoms with Crippen LogP contribution >= 0.6 is 0 Å². The van der Waals surface area contributed by atoms with Gasteiger partial charge in [0.25, 0.3) is 0 Å². The largest absolute Gasteiger partial charge is 0.449 e. The monoisotopic (exact) mass is 364 g/mol. The molecule has 0 atom stereocenters. The summed E-state index contributed by atoms with van der Waals surface area (Å²) in [5.74, 6) is 0.723. The van der Waals surface area contributed by atoms with Crippen LogP contribution in [0.5, 0.6) is 0 Å². The molecule has 2 saturated heterocycles. The first-order chi connectivity index (χ1) is 11.9. The second-order valence-corrected chi connectivity index (χ2v) is 8.82. The summed E-state index contributed by atoms with van der Waals surface area (Å²) >= 11 is 0. The van der Waals surface area contributed by atoms with Crippen molar-refractivity contribution in [1.29, 1.82) is 0 Å². The summed E-state index contributed by atoms with van der Waals surface area (Å²) in [6.07, 6.45) is 1.52. The fraction of sp³-hybridized carbons (Fsp3) is 0.500. The van der Waals surface area contributed by atoms with Crippen molar-refractivity contribution in [3.63, 3.8) is 0 Å². The smallest absolute Gasteiger partial charge is 0.414 e. The maximum atomic E-state index is 11.9. The molecule has 134 valence electrons. The van der Waals surface area contributed by atoms with E-state index in [0.29, 0.717) is 37.5 Å². The van der Waals surface area contributed by atoms with Crippen LogP contribution in [0.3, 0.4) is 0 Å². The van der Waals surface area contributed by atoms with E-state index in [0.717, 1.165) is 17.6 Å². The van der Waals surface area contributed by atoms with Gasteiger partial charge >= 0.3 is 6.09 Å². The average molecular weight is 364 g/mol. The number of fused-ring (bicyclic) bond motifs is 1. The van der Waals surface area contributed by atoms with E-state index in [9.17, 15) is 13.2 Å². The molecule has 1 aromatic heterocycles. The minimum absolute atomic E-state index is 0.0272. The molecule has 4 rings (SSSR count). The lowest BCUT2D eigenvalue weighted by atomic mass is 10.1. The van der Waals surface area contributed by atoms with Crippen LogP contribution in [0.4, 0.5) is 16.4 Å². The third kappa shape index (κ3) is 2.92. The Bertz CT molecular complexity index is 923. The van der Waals surface area contributed by atoms with Crippen LogP contribution in [0, 0.1) is 0 Å². The van der Waals surface area contributed by atoms with Gasteiger partial charge in [-0.25, -0.2) is 18.2 Å². The van der Waals surface area contributed by atoms with Crippen LogP contribution < -0.4 is 10.6 Å². The number of benzene rings is 1. The predicted molar refractivity (Wildman–Crippen MR) is 94.4 cm³/mol. The zero-order chi connectivity index (χ0) is 17.6. The Labute approximate surface area is 145 Å². The number of imidazole rings is 1. The van der Waals surface area contributed by atoms with Crippen LogP contribution in [0.1, 0.15) is 25.3 Å². The zero-order valence-corrected chi connectivity index (χ0v) is 14.5. The summed E-state index contributed by atoms with van der Waals surface area (Å²) < 4.78 is 30.3. The number of amides is 1. The Morgan fingerprint density at radius 1 is 1.24 bits per heavy atom. The van der Waals surface area contributed by atoms with Crippen LogP contribution in [0.15, 0.2) is 18.2 Å². The van der Waals surface area contributed by atoms with Gasteiger partial charge in [0.05, 0.1) is 29.1 Å². The van der Waals surface area contributed by atoms with Gasteiger partial charge in [-0.05, 0) is 37.5 Å². The molecule has 1 aromatic carbocycles. The van der Waals surface area contributed by atoms with Crippen molar-refractivity contribution >= 4 is 38.6 Å². The zero-order valence-electron chi connectivity index (χ0n) is 13.7. The first-order valence-corrected chi connectivity index (χ1v) is 10.2. The van der Waals surface area contributed by atoms with Gasteiger partial charge in [-0.1, -0.05) is 0 Å². The molecule has 8 nitrogen and oxygen atoms in total. The van der Waals surface area contributed by atoms with E-state index in [4.69, 9.17) is 10.5 Å². The number of hydrogen-bond donors (Lipinski definition) is 1. The number of nitrogens with two attached hydrogens (primary N) is 1. The molecule has 2 aliphatic heterocycles. The number of hydrogen-bond acceptors (Lipinski definition) is 6. The Kier molecular flexibility index (Phi) is 3.82. The standard InChI is InChI=1S/C16H20N4O4S/c17-15-18-13-10-12(19-6-1-7-24-16(19)21)2-3-14(13)20(15)11-4-8-25(22,23)9-5-11/h2-3,10-11H,1,4-9H2,(H2,17,18). The first kappa shape index (κ1) is 16.2. The number of carbonyl (C=O) groups is 1. The molecule has 0 aliphatic carbocycles. The SMILES string of the molecule is Nc1nc2cc(N3CCCOC3=O)ccc2n1C1CCS(=O)(=O)CC1. The number of rotatable bonds is 2. The third-order valence-corrected chi connectivity index (χ3v) is 6.59. The minimum Gasteiger partial charge on any atom is -0.449 e. The summed E-state index contributed by atoms with van der Waals surface area (Å²) in [5.41, 5.74) is 8.39. The highest BCUT2D eigenvalue weighted by atomic mass is 32.2. The highest BCUT2D eigenvalue weighted by molar-refractivity contribution is 7.91. The number of nitrogens with zero attached hydrogens (tertiary/aromatic N) is 3. The van der Waals surface area contributed by atoms with E-state index in [-0.39, 0.29) is 23.6 Å². The van der Waals surface area contributed by atoms with Gasteiger partial charge in [0, 0.05) is 18.3 Å². The van der Waals surface area contributed by atoms with Gasteiger partial charge in [-0.2, -0.15) is 0 Å². The molecular formula is C16H20N4O4S. The topological polar surface area (TPSA) is 108 Å². The quantitative estimate of drug-likeness (QED) is 0.869. The number of ether oxygens (including phenoxy) is 1. The van der Waals surface area contributed by atoms with Crippen LogP contribution in [-0.4, -0.2) is 48.7 Å². The Morgan fingerprint density at radius 2 is 2.00 bits per heavy atom. The molecule has 3 heterocycles. The number of nitrogen functional groups attached to an aromatic ring is 1. The molecular weight excluding hydrogens is 344 g/mol. The number of carbonyl (C=O) groups excluding carboxylic acids is 1. The van der Waals surface area contributed by atoms with E-state index in [2.05, 4.69) is 4.98 Å². The summed E-state index contributed by atoms with van der Waals surface area (Å²) in [4.78, 5) is 17.9. The van der Waals surface area contributed by atoms with Gasteiger partial charge in [-0.3, -0.25) is 4.90 Å². The number of aromatic nitrogens is 2. The molecule has 25 heavy (non-hydrogen) atoms. The van der Waals surface area contributed by atoms with Crippen LogP contribution in [0.2, 0.25) is 0 Å². The Hall–Kier alpha value is -2.29. The second-order valence-electron chi connectivity index (χ2n) is 6.52. The molecule has 2 aliphatic rings. The summed E-state index contributed by atoms with van der Waals surface area (Å²) in [7, 11) is -2.93. The van der Waals surface area contributed by atoms with Gasteiger partial charge in [0.1, 0.15) is 9.84 Å². The lowest BCUT2D eigenvalue weighted by molar-refractivity contribution is 0.140. The maximum Gasteiger partial charge on any atom is 0.414 e. The minimum atomic E-state index is -2.93. The fourth-order valence-corrected chi connectivity index (χ4v) is 5.05. The van der Waals surface area contributed by atoms with E-state index < -0.39 is 9.84 Å². The summed E-state index contributed by atoms with van der Waals surface area (Å²) in [6.45, 7) is 1.06. The van der Waals surface area contributed by atoms with Gasteiger partial charge in [-0.15, -0.1) is 0 Å². The maximum absolute atomic E-state index is 11.9. The van der Waals surface area contributed by atoms with Crippen molar-refractivity contribution in [1.82, 2.24) is 9.55 Å². The molecule has 2 N–H and O–H groups in total. The second kappa shape index (κ2) is 5.91. The lowest BCUT2D eigenvalue weighted by Crippen LogP contribution is -2.37. The molecule has 2 fully saturated rings. The van der Waals surface area contributed by atoms with Crippen molar-refractivity contribution in [3.8, 4) is 0 Å². The van der Waals surface area contributed by atoms with Crippen molar-refractivity contribution in [2.75, 3.05) is 35.3 Å². The molecule has 9 heteroatoms. The van der Waals surface area contributed by atoms with E-state index in [1.54, 1.807) is 4.90 Å².